The molecule has 0 aromatic heterocycles. The smallest absolute Gasteiger partial charge is 0.108 e. The number of para-hydroxylation sites is 1. The lowest BCUT2D eigenvalue weighted by Crippen LogP contribution is -2.03. The van der Waals surface area contributed by atoms with Crippen LogP contribution in [0.5, 0.6) is 0 Å². The average Bonchev–Trinajstić information content (AvgIpc) is 2.50. The molecule has 0 atom stereocenters. The summed E-state index contributed by atoms with van der Waals surface area (Å²) in [6, 6.07) is 8.07. The summed E-state index contributed by atoms with van der Waals surface area (Å²) in [7, 11) is 1.56. The van der Waals surface area contributed by atoms with Crippen LogP contribution in [0.2, 0.25) is 0 Å². The summed E-state index contributed by atoms with van der Waals surface area (Å²) in [6.45, 7) is 0.757. The van der Waals surface area contributed by atoms with Crippen molar-refractivity contribution in [1.82, 2.24) is 0 Å². The van der Waals surface area contributed by atoms with E-state index in [2.05, 4.69) is 10.5 Å². The minimum Gasteiger partial charge on any atom is -0.399 e. The van der Waals surface area contributed by atoms with Crippen LogP contribution >= 0.6 is 0 Å². The lowest BCUT2D eigenvalue weighted by molar-refractivity contribution is 0.213. The number of fused-ring (bicyclic) bond motifs is 1. The monoisotopic (exact) mass is 162 g/mol. The Morgan fingerprint density at radius 2 is 2.25 bits per heavy atom. The molecule has 0 radical (unpaired) electrons. The van der Waals surface area contributed by atoms with Crippen molar-refractivity contribution >= 4 is 11.4 Å². The molecule has 0 unspecified atom stereocenters. The molecule has 1 N–H and O–H groups in total. The molecule has 3 nitrogen and oxygen atoms in total. The van der Waals surface area contributed by atoms with E-state index in [9.17, 15) is 0 Å². The number of nitrogens with zero attached hydrogens (tertiary/aromatic N) is 1. The molecule has 0 saturated carbocycles. The molecule has 0 bridgehead atoms. The molecule has 2 rings (SSSR count). The van der Waals surface area contributed by atoms with Crippen LogP contribution in [0.15, 0.2) is 29.4 Å². The molecule has 1 aromatic rings. The minimum atomic E-state index is 0.757. The minimum absolute atomic E-state index is 0.757. The quantitative estimate of drug-likeness (QED) is 0.634. The van der Waals surface area contributed by atoms with Crippen LogP contribution in [0.3, 0.4) is 0 Å². The summed E-state index contributed by atoms with van der Waals surface area (Å²) in [5.41, 5.74) is 3.24. The molecule has 62 valence electrons. The summed E-state index contributed by atoms with van der Waals surface area (Å²) in [5, 5.41) is 7.14. The summed E-state index contributed by atoms with van der Waals surface area (Å²) in [6.07, 6.45) is 0. The lowest BCUT2D eigenvalue weighted by Gasteiger charge is -1.95. The number of oxime groups is 1. The Hall–Kier alpha value is -1.51. The molecule has 1 heterocycles. The highest BCUT2D eigenvalue weighted by atomic mass is 16.6. The Morgan fingerprint density at radius 1 is 1.42 bits per heavy atom. The summed E-state index contributed by atoms with van der Waals surface area (Å²) in [4.78, 5) is 4.73. The van der Waals surface area contributed by atoms with Crippen molar-refractivity contribution in [2.24, 2.45) is 5.16 Å². The molecule has 0 amide bonds. The Bertz CT molecular complexity index is 320. The molecule has 3 heteroatoms. The highest BCUT2D eigenvalue weighted by Crippen LogP contribution is 2.21. The normalized spacial score (nSPS) is 17.2. The average molecular weight is 162 g/mol. The van der Waals surface area contributed by atoms with Gasteiger partial charge in [-0.3, -0.25) is 0 Å². The van der Waals surface area contributed by atoms with Crippen molar-refractivity contribution in [3.63, 3.8) is 0 Å². The van der Waals surface area contributed by atoms with Crippen LogP contribution in [0.1, 0.15) is 5.56 Å². The van der Waals surface area contributed by atoms with Gasteiger partial charge in [0.1, 0.15) is 12.8 Å². The Kier molecular flexibility index (Phi) is 1.70. The predicted octanol–water partition coefficient (Wildman–Crippen LogP) is 1.46. The Labute approximate surface area is 71.0 Å². The number of benzene rings is 1. The predicted molar refractivity (Wildman–Crippen MR) is 48.5 cm³/mol. The van der Waals surface area contributed by atoms with Gasteiger partial charge in [0, 0.05) is 11.3 Å². The Balaban J connectivity index is 2.43. The maximum Gasteiger partial charge on any atom is 0.108 e. The van der Waals surface area contributed by atoms with Gasteiger partial charge in [-0.2, -0.15) is 0 Å². The van der Waals surface area contributed by atoms with Crippen LogP contribution < -0.4 is 5.32 Å². The molecule has 12 heavy (non-hydrogen) atoms. The first kappa shape index (κ1) is 7.16. The first-order chi connectivity index (χ1) is 5.92. The van der Waals surface area contributed by atoms with E-state index in [-0.39, 0.29) is 0 Å². The zero-order valence-corrected chi connectivity index (χ0v) is 6.87. The topological polar surface area (TPSA) is 33.6 Å². The van der Waals surface area contributed by atoms with Crippen molar-refractivity contribution in [1.29, 1.82) is 0 Å². The van der Waals surface area contributed by atoms with Gasteiger partial charge in [-0.15, -0.1) is 0 Å². The first-order valence-corrected chi connectivity index (χ1v) is 3.85. The van der Waals surface area contributed by atoms with E-state index in [0.29, 0.717) is 0 Å². The molecular formula is C9H10N2O. The summed E-state index contributed by atoms with van der Waals surface area (Å²) < 4.78 is 0. The lowest BCUT2D eigenvalue weighted by atomic mass is 10.1. The van der Waals surface area contributed by atoms with Gasteiger partial charge in [-0.05, 0) is 6.07 Å². The van der Waals surface area contributed by atoms with Gasteiger partial charge in [0.2, 0.25) is 0 Å². The molecule has 0 fully saturated rings. The van der Waals surface area contributed by atoms with Crippen molar-refractivity contribution < 1.29 is 4.84 Å². The molecule has 1 aliphatic rings. The standard InChI is InChI=1S/C9H10N2O/c1-12-11-9-6-10-8-5-3-2-4-7(8)9/h2-5,10H,6H2,1H3/b11-9-. The third kappa shape index (κ3) is 1.03. The van der Waals surface area contributed by atoms with Crippen LogP contribution in [-0.4, -0.2) is 19.4 Å². The second-order valence-electron chi connectivity index (χ2n) is 2.62. The number of anilines is 1. The van der Waals surface area contributed by atoms with Crippen molar-refractivity contribution in [3.05, 3.63) is 29.8 Å². The fraction of sp³-hybridized carbons (Fsp3) is 0.222. The van der Waals surface area contributed by atoms with Crippen molar-refractivity contribution in [3.8, 4) is 0 Å². The largest absolute Gasteiger partial charge is 0.399 e. The van der Waals surface area contributed by atoms with Gasteiger partial charge in [0.05, 0.1) is 6.54 Å². The maximum absolute atomic E-state index is 4.73. The zero-order valence-electron chi connectivity index (χ0n) is 6.87. The molecule has 0 spiro atoms. The number of hydrogen-bond donors (Lipinski definition) is 1. The van der Waals surface area contributed by atoms with Crippen molar-refractivity contribution in [2.45, 2.75) is 0 Å². The van der Waals surface area contributed by atoms with E-state index < -0.39 is 0 Å². The van der Waals surface area contributed by atoms with Gasteiger partial charge in [-0.1, -0.05) is 23.4 Å². The van der Waals surface area contributed by atoms with Crippen molar-refractivity contribution in [2.75, 3.05) is 19.0 Å². The molecule has 0 saturated heterocycles. The van der Waals surface area contributed by atoms with Crippen LogP contribution in [0.25, 0.3) is 0 Å². The van der Waals surface area contributed by atoms with E-state index in [0.717, 1.165) is 23.5 Å². The van der Waals surface area contributed by atoms with Crippen LogP contribution in [0, 0.1) is 0 Å². The number of nitrogens with one attached hydrogen (secondary N) is 1. The Morgan fingerprint density at radius 3 is 3.08 bits per heavy atom. The SMILES string of the molecule is CO/N=C1/CNc2ccccc21. The molecule has 1 aliphatic heterocycles. The zero-order chi connectivity index (χ0) is 8.39. The van der Waals surface area contributed by atoms with E-state index in [1.165, 1.54) is 0 Å². The fourth-order valence-electron chi connectivity index (χ4n) is 1.35. The molecule has 0 aliphatic carbocycles. The second kappa shape index (κ2) is 2.85. The van der Waals surface area contributed by atoms with E-state index in [1.807, 2.05) is 24.3 Å². The molecular weight excluding hydrogens is 152 g/mol. The van der Waals surface area contributed by atoms with E-state index in [1.54, 1.807) is 7.11 Å². The van der Waals surface area contributed by atoms with Gasteiger partial charge in [0.15, 0.2) is 0 Å². The van der Waals surface area contributed by atoms with Crippen LogP contribution in [0.4, 0.5) is 5.69 Å². The third-order valence-corrected chi connectivity index (χ3v) is 1.89. The van der Waals surface area contributed by atoms with Gasteiger partial charge >= 0.3 is 0 Å². The second-order valence-corrected chi connectivity index (χ2v) is 2.62. The highest BCUT2D eigenvalue weighted by molar-refractivity contribution is 6.11. The maximum atomic E-state index is 4.73. The summed E-state index contributed by atoms with van der Waals surface area (Å²) >= 11 is 0. The van der Waals surface area contributed by atoms with Crippen LogP contribution in [-0.2, 0) is 4.84 Å². The highest BCUT2D eigenvalue weighted by Gasteiger charge is 2.15. The van der Waals surface area contributed by atoms with E-state index >= 15 is 0 Å². The van der Waals surface area contributed by atoms with E-state index in [4.69, 9.17) is 4.84 Å². The van der Waals surface area contributed by atoms with Gasteiger partial charge in [0.25, 0.3) is 0 Å². The number of hydrogen-bond acceptors (Lipinski definition) is 3. The third-order valence-electron chi connectivity index (χ3n) is 1.89. The fourth-order valence-corrected chi connectivity index (χ4v) is 1.35. The molecule has 1 aromatic carbocycles. The first-order valence-electron chi connectivity index (χ1n) is 3.85. The van der Waals surface area contributed by atoms with Gasteiger partial charge in [-0.25, -0.2) is 0 Å². The number of rotatable bonds is 1. The van der Waals surface area contributed by atoms with Gasteiger partial charge < -0.3 is 10.2 Å². The summed E-state index contributed by atoms with van der Waals surface area (Å²) in [5.74, 6) is 0.